The van der Waals surface area contributed by atoms with Crippen molar-refractivity contribution in [2.45, 2.75) is 40.7 Å². The van der Waals surface area contributed by atoms with Gasteiger partial charge in [-0.1, -0.05) is 23.2 Å². The van der Waals surface area contributed by atoms with E-state index in [4.69, 9.17) is 42.1 Å². The van der Waals surface area contributed by atoms with Crippen molar-refractivity contribution in [1.82, 2.24) is 0 Å². The zero-order valence-corrected chi connectivity index (χ0v) is 21.8. The fourth-order valence-corrected chi connectivity index (χ4v) is 3.50. The summed E-state index contributed by atoms with van der Waals surface area (Å²) >= 11 is 12.8. The number of benzene rings is 2. The van der Waals surface area contributed by atoms with Crippen molar-refractivity contribution in [3.63, 3.8) is 0 Å². The average Bonchev–Trinajstić information content (AvgIpc) is 2.82. The topological polar surface area (TPSA) is 108 Å². The quantitative estimate of drug-likeness (QED) is 0.244. The number of nitrogens with zero attached hydrogens (tertiary/aromatic N) is 2. The molecular formula is C24H29Cl2N3O6. The van der Waals surface area contributed by atoms with E-state index in [-0.39, 0.29) is 27.2 Å². The minimum atomic E-state index is -1.44. The number of hydrogen-bond acceptors (Lipinski definition) is 8. The van der Waals surface area contributed by atoms with Crippen molar-refractivity contribution in [3.8, 4) is 23.0 Å². The first-order valence-electron chi connectivity index (χ1n) is 11.2. The largest absolute Gasteiger partial charge is 0.492 e. The molecule has 1 amide bonds. The van der Waals surface area contributed by atoms with Gasteiger partial charge in [0.15, 0.2) is 23.0 Å². The number of amides is 1. The molecule has 1 atom stereocenters. The van der Waals surface area contributed by atoms with Crippen molar-refractivity contribution in [1.29, 1.82) is 0 Å². The summed E-state index contributed by atoms with van der Waals surface area (Å²) in [4.78, 5) is 25.2. The zero-order chi connectivity index (χ0) is 26.0. The van der Waals surface area contributed by atoms with Crippen LogP contribution in [-0.2, 0) is 9.59 Å². The molecule has 2 aromatic rings. The van der Waals surface area contributed by atoms with E-state index in [9.17, 15) is 9.59 Å². The molecule has 9 nitrogen and oxygen atoms in total. The number of rotatable bonds is 13. The third-order valence-corrected chi connectivity index (χ3v) is 5.18. The van der Waals surface area contributed by atoms with Gasteiger partial charge in [0, 0.05) is 0 Å². The van der Waals surface area contributed by atoms with Crippen molar-refractivity contribution in [2.75, 3.05) is 31.7 Å². The van der Waals surface area contributed by atoms with Crippen molar-refractivity contribution < 1.29 is 28.5 Å². The molecule has 0 aliphatic carbocycles. The number of azo groups is 1. The van der Waals surface area contributed by atoms with Gasteiger partial charge in [0.25, 0.3) is 5.91 Å². The van der Waals surface area contributed by atoms with Gasteiger partial charge in [0.1, 0.15) is 21.5 Å². The molecule has 0 saturated heterocycles. The molecule has 0 saturated carbocycles. The van der Waals surface area contributed by atoms with E-state index in [1.54, 1.807) is 38.1 Å². The number of anilines is 1. The standard InChI is InChI=1S/C24H29Cl2N3O6/c1-6-32-17-12-11-16(22(20(17)26)34-8-3)28-29-21(14(5)30)24(31)27-15-10-13-18(33-7-2)23(19(15)25)35-9-4/h10-13,21H,6-9H2,1-5H3,(H,27,31). The fraction of sp³-hybridized carbons (Fsp3) is 0.417. The van der Waals surface area contributed by atoms with E-state index in [2.05, 4.69) is 15.5 Å². The summed E-state index contributed by atoms with van der Waals surface area (Å²) in [6.07, 6.45) is 0. The van der Waals surface area contributed by atoms with Crippen LogP contribution >= 0.6 is 23.2 Å². The van der Waals surface area contributed by atoms with Gasteiger partial charge in [-0.05, 0) is 58.9 Å². The van der Waals surface area contributed by atoms with Crippen LogP contribution in [0, 0.1) is 0 Å². The molecule has 0 radical (unpaired) electrons. The molecule has 190 valence electrons. The summed E-state index contributed by atoms with van der Waals surface area (Å²) in [5.74, 6) is 0.157. The minimum Gasteiger partial charge on any atom is -0.492 e. The number of hydrogen-bond donors (Lipinski definition) is 1. The van der Waals surface area contributed by atoms with Gasteiger partial charge >= 0.3 is 0 Å². The van der Waals surface area contributed by atoms with E-state index in [0.29, 0.717) is 43.7 Å². The summed E-state index contributed by atoms with van der Waals surface area (Å²) in [6, 6.07) is 4.93. The van der Waals surface area contributed by atoms with Gasteiger partial charge in [-0.25, -0.2) is 0 Å². The van der Waals surface area contributed by atoms with Crippen LogP contribution < -0.4 is 24.3 Å². The predicted octanol–water partition coefficient (Wildman–Crippen LogP) is 6.27. The summed E-state index contributed by atoms with van der Waals surface area (Å²) in [6.45, 7) is 9.96. The van der Waals surface area contributed by atoms with Crippen molar-refractivity contribution in [2.24, 2.45) is 10.2 Å². The number of ether oxygens (including phenoxy) is 4. The Morgan fingerprint density at radius 3 is 2.00 bits per heavy atom. The Labute approximate surface area is 214 Å². The summed E-state index contributed by atoms with van der Waals surface area (Å²) < 4.78 is 22.2. The SMILES string of the molecule is CCOc1ccc(N=NC(C(C)=O)C(=O)Nc2ccc(OCC)c(OCC)c2Cl)c(OCC)c1Cl. The van der Waals surface area contributed by atoms with Crippen LogP contribution in [0.15, 0.2) is 34.5 Å². The second-order valence-corrected chi connectivity index (χ2v) is 7.69. The maximum Gasteiger partial charge on any atom is 0.258 e. The lowest BCUT2D eigenvalue weighted by Crippen LogP contribution is -2.32. The molecule has 35 heavy (non-hydrogen) atoms. The maximum atomic E-state index is 12.9. The molecule has 0 fully saturated rings. The van der Waals surface area contributed by atoms with Crippen LogP contribution in [0.2, 0.25) is 10.0 Å². The Bertz CT molecular complexity index is 1080. The number of nitrogens with one attached hydrogen (secondary N) is 1. The molecule has 11 heteroatoms. The van der Waals surface area contributed by atoms with Gasteiger partial charge in [-0.3, -0.25) is 9.59 Å². The molecule has 0 aliphatic rings. The minimum absolute atomic E-state index is 0.141. The second-order valence-electron chi connectivity index (χ2n) is 6.93. The van der Waals surface area contributed by atoms with Gasteiger partial charge in [0.05, 0.1) is 32.1 Å². The zero-order valence-electron chi connectivity index (χ0n) is 20.3. The Hall–Kier alpha value is -3.04. The van der Waals surface area contributed by atoms with Crippen molar-refractivity contribution >= 4 is 46.3 Å². The molecule has 0 bridgehead atoms. The first-order chi connectivity index (χ1) is 16.8. The number of carbonyl (C=O) groups excluding carboxylic acids is 2. The Kier molecular flexibility index (Phi) is 11.1. The Balaban J connectivity index is 2.34. The lowest BCUT2D eigenvalue weighted by molar-refractivity contribution is -0.126. The highest BCUT2D eigenvalue weighted by Gasteiger charge is 2.26. The molecule has 0 aliphatic heterocycles. The summed E-state index contributed by atoms with van der Waals surface area (Å²) in [7, 11) is 0. The van der Waals surface area contributed by atoms with Crippen LogP contribution in [0.1, 0.15) is 34.6 Å². The first-order valence-corrected chi connectivity index (χ1v) is 11.9. The molecule has 0 heterocycles. The number of ketones is 1. The van der Waals surface area contributed by atoms with Crippen LogP contribution in [-0.4, -0.2) is 44.2 Å². The van der Waals surface area contributed by atoms with Crippen LogP contribution in [0.25, 0.3) is 0 Å². The average molecular weight is 526 g/mol. The van der Waals surface area contributed by atoms with Crippen LogP contribution in [0.4, 0.5) is 11.4 Å². The van der Waals surface area contributed by atoms with E-state index in [1.165, 1.54) is 6.92 Å². The molecule has 1 N–H and O–H groups in total. The predicted molar refractivity (Wildman–Crippen MR) is 135 cm³/mol. The summed E-state index contributed by atoms with van der Waals surface area (Å²) in [5.41, 5.74) is 0.487. The lowest BCUT2D eigenvalue weighted by Gasteiger charge is -2.16. The molecule has 0 spiro atoms. The van der Waals surface area contributed by atoms with E-state index in [1.807, 2.05) is 13.8 Å². The monoisotopic (exact) mass is 525 g/mol. The van der Waals surface area contributed by atoms with E-state index < -0.39 is 17.7 Å². The first kappa shape index (κ1) is 28.2. The van der Waals surface area contributed by atoms with Crippen LogP contribution in [0.5, 0.6) is 23.0 Å². The molecular weight excluding hydrogens is 497 g/mol. The number of Topliss-reactive ketones (excluding diaryl/α,β-unsaturated/α-hetero) is 1. The molecule has 0 aromatic heterocycles. The Morgan fingerprint density at radius 1 is 0.829 bits per heavy atom. The van der Waals surface area contributed by atoms with E-state index >= 15 is 0 Å². The smallest absolute Gasteiger partial charge is 0.258 e. The highest BCUT2D eigenvalue weighted by atomic mass is 35.5. The van der Waals surface area contributed by atoms with Gasteiger partial charge in [0.2, 0.25) is 6.04 Å². The highest BCUT2D eigenvalue weighted by molar-refractivity contribution is 6.35. The molecule has 2 rings (SSSR count). The second kappa shape index (κ2) is 13.7. The number of carbonyl (C=O) groups is 2. The fourth-order valence-electron chi connectivity index (χ4n) is 2.98. The van der Waals surface area contributed by atoms with E-state index in [0.717, 1.165) is 0 Å². The summed E-state index contributed by atoms with van der Waals surface area (Å²) in [5, 5.41) is 11.0. The van der Waals surface area contributed by atoms with Gasteiger partial charge < -0.3 is 24.3 Å². The lowest BCUT2D eigenvalue weighted by atomic mass is 10.2. The number of halogens is 2. The normalized spacial score (nSPS) is 11.7. The third kappa shape index (κ3) is 7.22. The van der Waals surface area contributed by atoms with Gasteiger partial charge in [-0.15, -0.1) is 0 Å². The van der Waals surface area contributed by atoms with Crippen LogP contribution in [0.3, 0.4) is 0 Å². The van der Waals surface area contributed by atoms with Gasteiger partial charge in [-0.2, -0.15) is 10.2 Å². The molecule has 1 unspecified atom stereocenters. The maximum absolute atomic E-state index is 12.9. The highest BCUT2D eigenvalue weighted by Crippen LogP contribution is 2.42. The van der Waals surface area contributed by atoms with Crippen molar-refractivity contribution in [3.05, 3.63) is 34.3 Å². The third-order valence-electron chi connectivity index (χ3n) is 4.45. The molecule has 2 aromatic carbocycles. The Morgan fingerprint density at radius 2 is 1.40 bits per heavy atom.